The van der Waals surface area contributed by atoms with Crippen molar-refractivity contribution < 1.29 is 95.3 Å². The molecule has 2 aromatic rings. The fraction of sp³-hybridized carbons (Fsp3) is 0.483. The van der Waals surface area contributed by atoms with Crippen LogP contribution < -0.4 is 60.9 Å². The van der Waals surface area contributed by atoms with Gasteiger partial charge in [0, 0.05) is 6.42 Å². The number of hydrogen-bond acceptors (Lipinski definition) is 8. The molecule has 0 atom stereocenters. The van der Waals surface area contributed by atoms with Crippen molar-refractivity contribution in [3.8, 4) is 11.5 Å². The maximum atomic E-state index is 11.6. The Morgan fingerprint density at radius 1 is 0.718 bits per heavy atom. The topological polar surface area (TPSA) is 138 Å². The van der Waals surface area contributed by atoms with Crippen LogP contribution in [0.2, 0.25) is 0 Å². The van der Waals surface area contributed by atoms with E-state index in [2.05, 4.69) is 9.47 Å². The maximum Gasteiger partial charge on any atom is 1.00 e. The molecule has 0 spiro atoms. The molecule has 0 fully saturated rings. The number of rotatable bonds is 11. The van der Waals surface area contributed by atoms with Crippen LogP contribution in [0, 0.1) is 5.92 Å². The molecule has 0 saturated carbocycles. The Morgan fingerprint density at radius 2 is 1.08 bits per heavy atom. The summed E-state index contributed by atoms with van der Waals surface area (Å²) in [6.07, 6.45) is 1.23. The van der Waals surface area contributed by atoms with E-state index in [0.29, 0.717) is 6.42 Å². The average Bonchev–Trinajstić information content (AvgIpc) is 2.82. The summed E-state index contributed by atoms with van der Waals surface area (Å²) in [5.74, 6) is -1.33. The van der Waals surface area contributed by atoms with E-state index in [1.165, 1.54) is 14.2 Å². The largest absolute Gasteiger partial charge is 1.00 e. The molecule has 2 rings (SSSR count). The van der Waals surface area contributed by atoms with Gasteiger partial charge in [-0.1, -0.05) is 39.1 Å². The number of aryl methyl sites for hydroxylation is 1. The molecule has 0 heterocycles. The van der Waals surface area contributed by atoms with Gasteiger partial charge >= 0.3 is 69.3 Å². The molecule has 2 aromatic carbocycles. The standard InChI is InChI=1S/C15H20O5.C12H16O3.2CH4.K.H2O/c1-10(2)20-12-7-5-11(6-8-12)9-13(14(16)18-3)15(17)19-4;1-9(2)15-11-6-3-10(4-7-11)5-8-12(13)14;;;;/h5-8,10,13H,9H2,1-4H3;3-4,6-7,9H,5,8H2,1-2H3,(H,13,14);2*1H4;;1H2/q;;;;+1;/p-1. The van der Waals surface area contributed by atoms with Crippen molar-refractivity contribution >= 4 is 17.9 Å². The van der Waals surface area contributed by atoms with Crippen LogP contribution in [0.1, 0.15) is 60.1 Å². The van der Waals surface area contributed by atoms with E-state index in [0.717, 1.165) is 22.6 Å². The molecule has 0 aromatic heterocycles. The third-order valence-corrected chi connectivity index (χ3v) is 4.63. The molecule has 0 aliphatic rings. The smallest absolute Gasteiger partial charge is 0.870 e. The molecule has 0 unspecified atom stereocenters. The molecule has 10 heteroatoms. The fourth-order valence-electron chi connectivity index (χ4n) is 3.02. The first-order valence-electron chi connectivity index (χ1n) is 11.4. The summed E-state index contributed by atoms with van der Waals surface area (Å²) in [5.41, 5.74) is 1.86. The van der Waals surface area contributed by atoms with Gasteiger partial charge in [-0.25, -0.2) is 0 Å². The van der Waals surface area contributed by atoms with Crippen molar-refractivity contribution in [1.29, 1.82) is 0 Å². The molecule has 0 aliphatic heterocycles. The van der Waals surface area contributed by atoms with Crippen LogP contribution in [0.5, 0.6) is 11.5 Å². The van der Waals surface area contributed by atoms with Crippen LogP contribution in [0.3, 0.4) is 0 Å². The predicted octanol–water partition coefficient (Wildman–Crippen LogP) is 2.57. The zero-order valence-electron chi connectivity index (χ0n) is 22.7. The Labute approximate surface area is 276 Å². The summed E-state index contributed by atoms with van der Waals surface area (Å²) in [7, 11) is 2.50. The number of methoxy groups -OCH3 is 2. The molecule has 216 valence electrons. The number of esters is 2. The summed E-state index contributed by atoms with van der Waals surface area (Å²) in [6.45, 7) is 7.83. The molecule has 0 bridgehead atoms. The molecule has 0 amide bonds. The van der Waals surface area contributed by atoms with Crippen LogP contribution in [0.25, 0.3) is 0 Å². The first kappa shape index (κ1) is 44.1. The Morgan fingerprint density at radius 3 is 1.38 bits per heavy atom. The van der Waals surface area contributed by atoms with E-state index in [-0.39, 0.29) is 96.8 Å². The minimum absolute atomic E-state index is 0. The van der Waals surface area contributed by atoms with Gasteiger partial charge in [0.15, 0.2) is 5.92 Å². The van der Waals surface area contributed by atoms with E-state index in [1.807, 2.05) is 64.1 Å². The number of carbonyl (C=O) groups excluding carboxylic acids is 2. The van der Waals surface area contributed by atoms with Gasteiger partial charge in [0.05, 0.1) is 26.4 Å². The third kappa shape index (κ3) is 18.9. The van der Waals surface area contributed by atoms with Gasteiger partial charge in [-0.15, -0.1) is 0 Å². The molecule has 39 heavy (non-hydrogen) atoms. The maximum absolute atomic E-state index is 11.6. The summed E-state index contributed by atoms with van der Waals surface area (Å²) in [5, 5.41) is 8.52. The van der Waals surface area contributed by atoms with Crippen LogP contribution in [-0.4, -0.2) is 54.9 Å². The number of ether oxygens (including phenoxy) is 4. The molecule has 0 radical (unpaired) electrons. The number of carbonyl (C=O) groups is 3. The second kappa shape index (κ2) is 23.9. The van der Waals surface area contributed by atoms with Gasteiger partial charge in [-0.2, -0.15) is 0 Å². The van der Waals surface area contributed by atoms with Crippen molar-refractivity contribution in [2.24, 2.45) is 5.92 Å². The summed E-state index contributed by atoms with van der Waals surface area (Å²) >= 11 is 0. The van der Waals surface area contributed by atoms with Gasteiger partial charge in [-0.05, 0) is 75.9 Å². The Balaban J connectivity index is -0.000000294. The number of carboxylic acid groups (broad SMARTS) is 1. The first-order valence-corrected chi connectivity index (χ1v) is 11.4. The van der Waals surface area contributed by atoms with Crippen LogP contribution >= 0.6 is 0 Å². The van der Waals surface area contributed by atoms with Gasteiger partial charge < -0.3 is 29.5 Å². The minimum Gasteiger partial charge on any atom is -0.870 e. The molecule has 0 aliphatic carbocycles. The normalized spacial score (nSPS) is 9.36. The zero-order valence-corrected chi connectivity index (χ0v) is 25.8. The van der Waals surface area contributed by atoms with Crippen LogP contribution in [0.15, 0.2) is 48.5 Å². The third-order valence-electron chi connectivity index (χ3n) is 4.63. The molecular formula is C29H45KO9. The van der Waals surface area contributed by atoms with Gasteiger partial charge in [0.1, 0.15) is 11.5 Å². The van der Waals surface area contributed by atoms with Crippen molar-refractivity contribution in [1.82, 2.24) is 0 Å². The Kier molecular flexibility index (Phi) is 27.0. The number of benzene rings is 2. The van der Waals surface area contributed by atoms with Crippen LogP contribution in [0.4, 0.5) is 0 Å². The van der Waals surface area contributed by atoms with E-state index < -0.39 is 23.8 Å². The monoisotopic (exact) mass is 576 g/mol. The number of carboxylic acids is 1. The predicted molar refractivity (Wildman–Crippen MR) is 147 cm³/mol. The SMILES string of the molecule is C.C.CC(C)Oc1ccc(CCC(=O)O)cc1.COC(=O)C(Cc1ccc(OC(C)C)cc1)C(=O)OC.[K+].[OH-]. The van der Waals surface area contributed by atoms with Crippen molar-refractivity contribution in [3.63, 3.8) is 0 Å². The minimum atomic E-state index is -0.943. The summed E-state index contributed by atoms with van der Waals surface area (Å²) in [6, 6.07) is 14.8. The van der Waals surface area contributed by atoms with E-state index in [1.54, 1.807) is 12.1 Å². The van der Waals surface area contributed by atoms with Crippen LogP contribution in [-0.2, 0) is 36.7 Å². The summed E-state index contributed by atoms with van der Waals surface area (Å²) in [4.78, 5) is 33.5. The van der Waals surface area contributed by atoms with Crippen molar-refractivity contribution in [3.05, 3.63) is 59.7 Å². The molecular weight excluding hydrogens is 531 g/mol. The molecule has 0 saturated heterocycles. The second-order valence-electron chi connectivity index (χ2n) is 8.32. The Bertz CT molecular complexity index is 911. The summed E-state index contributed by atoms with van der Waals surface area (Å²) < 4.78 is 20.2. The zero-order chi connectivity index (χ0) is 26.4. The van der Waals surface area contributed by atoms with Crippen molar-refractivity contribution in [2.45, 2.75) is 74.0 Å². The van der Waals surface area contributed by atoms with E-state index >= 15 is 0 Å². The molecule has 2 N–H and O–H groups in total. The Hall–Kier alpha value is -1.95. The van der Waals surface area contributed by atoms with E-state index in [4.69, 9.17) is 14.6 Å². The van der Waals surface area contributed by atoms with Gasteiger partial charge in [0.25, 0.3) is 0 Å². The number of hydrogen-bond donors (Lipinski definition) is 1. The fourth-order valence-corrected chi connectivity index (χ4v) is 3.02. The second-order valence-corrected chi connectivity index (χ2v) is 8.32. The quantitative estimate of drug-likeness (QED) is 0.243. The number of aliphatic carboxylic acids is 1. The van der Waals surface area contributed by atoms with Gasteiger partial charge in [0.2, 0.25) is 0 Å². The first-order chi connectivity index (χ1) is 16.5. The van der Waals surface area contributed by atoms with Crippen molar-refractivity contribution in [2.75, 3.05) is 14.2 Å². The van der Waals surface area contributed by atoms with E-state index in [9.17, 15) is 14.4 Å². The molecule has 9 nitrogen and oxygen atoms in total. The van der Waals surface area contributed by atoms with Gasteiger partial charge in [-0.3, -0.25) is 14.4 Å². The average molecular weight is 577 g/mol.